The van der Waals surface area contributed by atoms with Gasteiger partial charge in [0, 0.05) is 5.56 Å². The summed E-state index contributed by atoms with van der Waals surface area (Å²) in [7, 11) is 0. The van der Waals surface area contributed by atoms with Gasteiger partial charge in [-0.15, -0.1) is 0 Å². The first-order valence-electron chi connectivity index (χ1n) is 2.75. The van der Waals surface area contributed by atoms with Crippen LogP contribution < -0.4 is 12.4 Å². The second-order valence-electron chi connectivity index (χ2n) is 1.84. The topological polar surface area (TPSA) is 20.2 Å². The summed E-state index contributed by atoms with van der Waals surface area (Å²) in [5, 5.41) is 8.84. The highest BCUT2D eigenvalue weighted by molar-refractivity contribution is 7.57. The molecule has 0 saturated heterocycles. The molecule has 0 aromatic heterocycles. The largest absolute Gasteiger partial charge is 1.00 e. The van der Waals surface area contributed by atoms with E-state index in [0.717, 1.165) is 5.75 Å². The van der Waals surface area contributed by atoms with Gasteiger partial charge in [0.1, 0.15) is 11.5 Å². The van der Waals surface area contributed by atoms with E-state index >= 15 is 0 Å². The first-order valence-corrected chi connectivity index (χ1v) is 3.46. The molecular formula is C7H9ClOS. The van der Waals surface area contributed by atoms with Gasteiger partial charge in [-0.1, -0.05) is 12.1 Å². The van der Waals surface area contributed by atoms with Gasteiger partial charge in [0.25, 0.3) is 0 Å². The highest BCUT2D eigenvalue weighted by atomic mass is 35.5. The molecule has 0 aliphatic rings. The third kappa shape index (κ3) is 2.50. The van der Waals surface area contributed by atoms with E-state index < -0.39 is 0 Å². The lowest BCUT2D eigenvalue weighted by molar-refractivity contribution is -0.00000281. The molecule has 10 heavy (non-hydrogen) atoms. The van der Waals surface area contributed by atoms with Crippen LogP contribution in [0.25, 0.3) is 0 Å². The average molecular weight is 177 g/mol. The Morgan fingerprint density at radius 3 is 2.10 bits per heavy atom. The third-order valence-corrected chi connectivity index (χ3v) is 1.55. The van der Waals surface area contributed by atoms with Crippen molar-refractivity contribution in [1.82, 2.24) is 0 Å². The number of benzene rings is 1. The van der Waals surface area contributed by atoms with E-state index in [9.17, 15) is 0 Å². The third-order valence-electron chi connectivity index (χ3n) is 1.14. The van der Waals surface area contributed by atoms with Crippen molar-refractivity contribution in [1.29, 1.82) is 0 Å². The molecule has 1 aromatic rings. The normalized spacial score (nSPS) is 8.50. The minimum atomic E-state index is 0. The summed E-state index contributed by atoms with van der Waals surface area (Å²) in [5.74, 6) is 1.15. The zero-order chi connectivity index (χ0) is 6.69. The Labute approximate surface area is 71.9 Å². The molecule has 0 radical (unpaired) electrons. The van der Waals surface area contributed by atoms with E-state index in [0.29, 0.717) is 5.75 Å². The lowest BCUT2D eigenvalue weighted by atomic mass is 10.2. The SMILES string of the molecule is Oc1ccc(C[SH2+])cc1.[Cl-]. The second-order valence-corrected chi connectivity index (χ2v) is 2.20. The number of hydrogen-bond donors (Lipinski definition) is 1. The van der Waals surface area contributed by atoms with Crippen molar-refractivity contribution in [2.45, 2.75) is 5.75 Å². The van der Waals surface area contributed by atoms with Crippen LogP contribution in [0.3, 0.4) is 0 Å². The molecule has 0 bridgehead atoms. The Hall–Kier alpha value is -0.340. The number of halogens is 1. The summed E-state index contributed by atoms with van der Waals surface area (Å²) >= 11 is 3.35. The van der Waals surface area contributed by atoms with Gasteiger partial charge in [-0.2, -0.15) is 0 Å². The first-order chi connectivity index (χ1) is 4.33. The molecule has 1 nitrogen and oxygen atoms in total. The smallest absolute Gasteiger partial charge is 0.128 e. The van der Waals surface area contributed by atoms with Crippen LogP contribution in [-0.4, -0.2) is 5.11 Å². The molecule has 3 heteroatoms. The van der Waals surface area contributed by atoms with Crippen molar-refractivity contribution in [3.8, 4) is 5.75 Å². The van der Waals surface area contributed by atoms with E-state index in [1.54, 1.807) is 12.1 Å². The average Bonchev–Trinajstić information content (AvgIpc) is 1.90. The number of phenolic OH excluding ortho intramolecular Hbond substituents is 1. The van der Waals surface area contributed by atoms with Gasteiger partial charge < -0.3 is 17.5 Å². The van der Waals surface area contributed by atoms with Crippen LogP contribution in [-0.2, 0) is 18.4 Å². The van der Waals surface area contributed by atoms with Crippen molar-refractivity contribution in [3.63, 3.8) is 0 Å². The van der Waals surface area contributed by atoms with Crippen molar-refractivity contribution in [2.24, 2.45) is 0 Å². The molecular weight excluding hydrogens is 168 g/mol. The Morgan fingerprint density at radius 1 is 1.20 bits per heavy atom. The van der Waals surface area contributed by atoms with Gasteiger partial charge >= 0.3 is 0 Å². The van der Waals surface area contributed by atoms with Crippen molar-refractivity contribution < 1.29 is 17.5 Å². The highest BCUT2D eigenvalue weighted by Crippen LogP contribution is 2.08. The molecule has 0 aliphatic carbocycles. The fourth-order valence-corrected chi connectivity index (χ4v) is 0.850. The summed E-state index contributed by atoms with van der Waals surface area (Å²) in [5.41, 5.74) is 1.17. The maximum absolute atomic E-state index is 8.84. The molecule has 1 rings (SSSR count). The molecule has 0 aliphatic heterocycles. The number of hydrogen-bond acceptors (Lipinski definition) is 1. The van der Waals surface area contributed by atoms with Gasteiger partial charge in [-0.3, -0.25) is 0 Å². The minimum Gasteiger partial charge on any atom is -1.00 e. The van der Waals surface area contributed by atoms with E-state index in [1.807, 2.05) is 12.1 Å². The molecule has 0 fully saturated rings. The summed E-state index contributed by atoms with van der Waals surface area (Å²) < 4.78 is 0. The summed E-state index contributed by atoms with van der Waals surface area (Å²) in [6.07, 6.45) is 0. The predicted molar refractivity (Wildman–Crippen MR) is 42.0 cm³/mol. The maximum Gasteiger partial charge on any atom is 0.128 e. The molecule has 0 atom stereocenters. The van der Waals surface area contributed by atoms with E-state index in [1.165, 1.54) is 5.56 Å². The molecule has 1 aromatic carbocycles. The second kappa shape index (κ2) is 4.47. The minimum absolute atomic E-state index is 0. The Bertz CT molecular complexity index is 185. The van der Waals surface area contributed by atoms with Crippen LogP contribution in [0.5, 0.6) is 5.75 Å². The van der Waals surface area contributed by atoms with Gasteiger partial charge in [-0.25, -0.2) is 0 Å². The fraction of sp³-hybridized carbons (Fsp3) is 0.143. The quantitative estimate of drug-likeness (QED) is 0.487. The highest BCUT2D eigenvalue weighted by Gasteiger charge is 1.90. The zero-order valence-corrected chi connectivity index (χ0v) is 7.10. The predicted octanol–water partition coefficient (Wildman–Crippen LogP) is -2.09. The molecule has 1 N–H and O–H groups in total. The van der Waals surface area contributed by atoms with Gasteiger partial charge in [0.05, 0.1) is 0 Å². The van der Waals surface area contributed by atoms with Crippen LogP contribution >= 0.6 is 0 Å². The lowest BCUT2D eigenvalue weighted by Gasteiger charge is -1.90. The van der Waals surface area contributed by atoms with E-state index in [-0.39, 0.29) is 12.4 Å². The Kier molecular flexibility index (Phi) is 4.32. The summed E-state index contributed by atoms with van der Waals surface area (Å²) in [6.45, 7) is 0. The lowest BCUT2D eigenvalue weighted by Crippen LogP contribution is -3.00. The molecule has 56 valence electrons. The molecule has 0 heterocycles. The number of phenols is 1. The first kappa shape index (κ1) is 9.66. The van der Waals surface area contributed by atoms with Gasteiger partial charge in [-0.05, 0) is 24.8 Å². The fourth-order valence-electron chi connectivity index (χ4n) is 0.614. The standard InChI is InChI=1S/C7H8OS.ClH/c8-7-3-1-6(5-9)2-4-7;/h1-4,8-9H,5H2;1H. The van der Waals surface area contributed by atoms with Gasteiger partial charge in [0.2, 0.25) is 0 Å². The summed E-state index contributed by atoms with van der Waals surface area (Å²) in [4.78, 5) is 0. The Balaban J connectivity index is 0.000000810. The molecule has 0 unspecified atom stereocenters. The van der Waals surface area contributed by atoms with Crippen LogP contribution in [0.1, 0.15) is 5.56 Å². The maximum atomic E-state index is 8.84. The van der Waals surface area contributed by atoms with Crippen LogP contribution in [0.2, 0.25) is 0 Å². The Morgan fingerprint density at radius 2 is 1.70 bits per heavy atom. The van der Waals surface area contributed by atoms with Crippen molar-refractivity contribution in [3.05, 3.63) is 29.8 Å². The number of rotatable bonds is 1. The number of aromatic hydroxyl groups is 1. The monoisotopic (exact) mass is 176 g/mol. The molecule has 0 amide bonds. The van der Waals surface area contributed by atoms with Gasteiger partial charge in [0.15, 0.2) is 0 Å². The molecule has 0 spiro atoms. The van der Waals surface area contributed by atoms with Crippen LogP contribution in [0.4, 0.5) is 0 Å². The van der Waals surface area contributed by atoms with E-state index in [4.69, 9.17) is 5.11 Å². The summed E-state index contributed by atoms with van der Waals surface area (Å²) in [6, 6.07) is 7.11. The van der Waals surface area contributed by atoms with Crippen molar-refractivity contribution >= 4 is 12.6 Å². The van der Waals surface area contributed by atoms with Crippen molar-refractivity contribution in [2.75, 3.05) is 0 Å². The molecule has 0 saturated carbocycles. The van der Waals surface area contributed by atoms with Crippen LogP contribution in [0.15, 0.2) is 24.3 Å². The zero-order valence-electron chi connectivity index (χ0n) is 5.34. The van der Waals surface area contributed by atoms with E-state index in [2.05, 4.69) is 12.6 Å². The van der Waals surface area contributed by atoms with Crippen LogP contribution in [0, 0.1) is 0 Å².